The Kier molecular flexibility index (Phi) is 3.62. The zero-order chi connectivity index (χ0) is 14.9. The van der Waals surface area contributed by atoms with Crippen LogP contribution in [-0.2, 0) is 5.41 Å². The molecule has 0 radical (unpaired) electrons. The van der Waals surface area contributed by atoms with E-state index >= 15 is 0 Å². The normalized spacial score (nSPS) is 16.0. The number of ether oxygens (including phenoxy) is 1. The second-order valence-corrected chi connectivity index (χ2v) is 6.31. The van der Waals surface area contributed by atoms with Gasteiger partial charge in [0.15, 0.2) is 0 Å². The molecule has 1 aliphatic rings. The molecule has 1 saturated carbocycles. The molecule has 21 heavy (non-hydrogen) atoms. The van der Waals surface area contributed by atoms with Gasteiger partial charge in [0.1, 0.15) is 11.5 Å². The number of aromatic hydroxyl groups is 1. The highest BCUT2D eigenvalue weighted by molar-refractivity contribution is 5.42. The molecule has 1 N–H and O–H groups in total. The predicted molar refractivity (Wildman–Crippen MR) is 85.0 cm³/mol. The molecule has 3 rings (SSSR count). The van der Waals surface area contributed by atoms with E-state index in [2.05, 4.69) is 26.0 Å². The molecular weight excluding hydrogens is 260 g/mol. The van der Waals surface area contributed by atoms with E-state index in [0.29, 0.717) is 18.3 Å². The van der Waals surface area contributed by atoms with Crippen molar-refractivity contribution in [1.82, 2.24) is 0 Å². The van der Waals surface area contributed by atoms with Crippen LogP contribution in [-0.4, -0.2) is 11.7 Å². The molecule has 1 aliphatic carbocycles. The van der Waals surface area contributed by atoms with E-state index in [-0.39, 0.29) is 5.41 Å². The summed E-state index contributed by atoms with van der Waals surface area (Å²) in [5.74, 6) is 1.82. The van der Waals surface area contributed by atoms with Crippen LogP contribution in [0.4, 0.5) is 0 Å². The highest BCUT2D eigenvalue weighted by atomic mass is 16.5. The van der Waals surface area contributed by atoms with Crippen LogP contribution >= 0.6 is 0 Å². The highest BCUT2D eigenvalue weighted by Gasteiger charge is 2.46. The first-order valence-corrected chi connectivity index (χ1v) is 7.62. The summed E-state index contributed by atoms with van der Waals surface area (Å²) in [5, 5.41) is 10.0. The van der Waals surface area contributed by atoms with E-state index in [1.54, 1.807) is 6.07 Å². The fourth-order valence-electron chi connectivity index (χ4n) is 2.73. The lowest BCUT2D eigenvalue weighted by molar-refractivity contribution is 0.274. The summed E-state index contributed by atoms with van der Waals surface area (Å²) in [6, 6.07) is 15.9. The molecule has 110 valence electrons. The monoisotopic (exact) mass is 282 g/mol. The van der Waals surface area contributed by atoms with Gasteiger partial charge >= 0.3 is 0 Å². The lowest BCUT2D eigenvalue weighted by Gasteiger charge is -2.18. The number of benzene rings is 2. The molecule has 2 nitrogen and oxygen atoms in total. The van der Waals surface area contributed by atoms with Crippen molar-refractivity contribution >= 4 is 0 Å². The van der Waals surface area contributed by atoms with Crippen molar-refractivity contribution in [2.45, 2.75) is 38.0 Å². The number of phenols is 1. The van der Waals surface area contributed by atoms with Crippen LogP contribution in [0.5, 0.6) is 11.5 Å². The Balaban J connectivity index is 1.69. The smallest absolute Gasteiger partial charge is 0.119 e. The third-order valence-corrected chi connectivity index (χ3v) is 4.39. The first-order valence-electron chi connectivity index (χ1n) is 7.62. The van der Waals surface area contributed by atoms with Crippen molar-refractivity contribution in [1.29, 1.82) is 0 Å². The van der Waals surface area contributed by atoms with Crippen molar-refractivity contribution < 1.29 is 9.84 Å². The van der Waals surface area contributed by atoms with E-state index in [0.717, 1.165) is 24.2 Å². The van der Waals surface area contributed by atoms with Crippen LogP contribution in [0, 0.1) is 0 Å². The minimum atomic E-state index is 0.00205. The van der Waals surface area contributed by atoms with E-state index in [9.17, 15) is 5.11 Å². The number of hydrogen-bond donors (Lipinski definition) is 1. The maximum atomic E-state index is 10.0. The quantitative estimate of drug-likeness (QED) is 0.866. The molecule has 2 aromatic carbocycles. The van der Waals surface area contributed by atoms with Gasteiger partial charge < -0.3 is 9.84 Å². The van der Waals surface area contributed by atoms with Crippen molar-refractivity contribution in [2.75, 3.05) is 6.61 Å². The SMILES string of the molecule is CC(C)c1ccc(OCC2(c3ccccc3O)CC2)cc1. The van der Waals surface area contributed by atoms with Gasteiger partial charge in [0, 0.05) is 11.0 Å². The van der Waals surface area contributed by atoms with Gasteiger partial charge in [0.2, 0.25) is 0 Å². The summed E-state index contributed by atoms with van der Waals surface area (Å²) in [6.45, 7) is 5.01. The Morgan fingerprint density at radius 3 is 2.29 bits per heavy atom. The summed E-state index contributed by atoms with van der Waals surface area (Å²) in [5.41, 5.74) is 2.34. The molecule has 0 bridgehead atoms. The topological polar surface area (TPSA) is 29.5 Å². The predicted octanol–water partition coefficient (Wildman–Crippen LogP) is 4.63. The summed E-state index contributed by atoms with van der Waals surface area (Å²) >= 11 is 0. The first-order chi connectivity index (χ1) is 10.1. The average molecular weight is 282 g/mol. The minimum Gasteiger partial charge on any atom is -0.508 e. The maximum Gasteiger partial charge on any atom is 0.119 e. The van der Waals surface area contributed by atoms with E-state index in [1.165, 1.54) is 5.56 Å². The lowest BCUT2D eigenvalue weighted by atomic mass is 9.96. The summed E-state index contributed by atoms with van der Waals surface area (Å²) in [4.78, 5) is 0. The molecular formula is C19H22O2. The van der Waals surface area contributed by atoms with Crippen molar-refractivity contribution in [2.24, 2.45) is 0 Å². The molecule has 0 saturated heterocycles. The largest absolute Gasteiger partial charge is 0.508 e. The number of phenolic OH excluding ortho intramolecular Hbond substituents is 1. The third kappa shape index (κ3) is 2.90. The Bertz CT molecular complexity index is 610. The molecule has 2 heteroatoms. The Labute approximate surface area is 126 Å². The standard InChI is InChI=1S/C19H22O2/c1-14(2)15-7-9-16(10-8-15)21-13-19(11-12-19)17-5-3-4-6-18(17)20/h3-10,14,20H,11-13H2,1-2H3. The van der Waals surface area contributed by atoms with Crippen LogP contribution in [0.1, 0.15) is 43.7 Å². The van der Waals surface area contributed by atoms with Gasteiger partial charge in [-0.2, -0.15) is 0 Å². The van der Waals surface area contributed by atoms with Crippen molar-refractivity contribution in [3.05, 3.63) is 59.7 Å². The zero-order valence-electron chi connectivity index (χ0n) is 12.7. The summed E-state index contributed by atoms with van der Waals surface area (Å²) in [7, 11) is 0. The number of rotatable bonds is 5. The molecule has 0 heterocycles. The van der Waals surface area contributed by atoms with Gasteiger partial charge in [-0.1, -0.05) is 44.2 Å². The Hall–Kier alpha value is -1.96. The molecule has 0 amide bonds. The third-order valence-electron chi connectivity index (χ3n) is 4.39. The van der Waals surface area contributed by atoms with Crippen molar-refractivity contribution in [3.63, 3.8) is 0 Å². The Morgan fingerprint density at radius 2 is 1.71 bits per heavy atom. The number of hydrogen-bond acceptors (Lipinski definition) is 2. The summed E-state index contributed by atoms with van der Waals surface area (Å²) in [6.07, 6.45) is 2.16. The van der Waals surface area contributed by atoms with Gasteiger partial charge in [-0.15, -0.1) is 0 Å². The van der Waals surface area contributed by atoms with Gasteiger partial charge in [-0.3, -0.25) is 0 Å². The zero-order valence-corrected chi connectivity index (χ0v) is 12.7. The van der Waals surface area contributed by atoms with Crippen LogP contribution in [0.15, 0.2) is 48.5 Å². The van der Waals surface area contributed by atoms with Crippen LogP contribution in [0.25, 0.3) is 0 Å². The fraction of sp³-hybridized carbons (Fsp3) is 0.368. The van der Waals surface area contributed by atoms with E-state index in [4.69, 9.17) is 4.74 Å². The summed E-state index contributed by atoms with van der Waals surface area (Å²) < 4.78 is 5.97. The fourth-order valence-corrected chi connectivity index (χ4v) is 2.73. The number of para-hydroxylation sites is 1. The Morgan fingerprint density at radius 1 is 1.05 bits per heavy atom. The van der Waals surface area contributed by atoms with Gasteiger partial charge in [-0.25, -0.2) is 0 Å². The van der Waals surface area contributed by atoms with Crippen molar-refractivity contribution in [3.8, 4) is 11.5 Å². The van der Waals surface area contributed by atoms with Gasteiger partial charge in [0.25, 0.3) is 0 Å². The van der Waals surface area contributed by atoms with E-state index < -0.39 is 0 Å². The molecule has 1 fully saturated rings. The van der Waals surface area contributed by atoms with E-state index in [1.807, 2.05) is 30.3 Å². The second-order valence-electron chi connectivity index (χ2n) is 6.31. The molecule has 0 unspecified atom stereocenters. The average Bonchev–Trinajstić information content (AvgIpc) is 3.27. The molecule has 2 aromatic rings. The van der Waals surface area contributed by atoms with Crippen LogP contribution in [0.2, 0.25) is 0 Å². The first kappa shape index (κ1) is 14.0. The molecule has 0 spiro atoms. The minimum absolute atomic E-state index is 0.00205. The molecule has 0 atom stereocenters. The van der Waals surface area contributed by atoms with Crippen LogP contribution < -0.4 is 4.74 Å². The second kappa shape index (κ2) is 5.44. The maximum absolute atomic E-state index is 10.0. The van der Waals surface area contributed by atoms with Gasteiger partial charge in [0.05, 0.1) is 6.61 Å². The van der Waals surface area contributed by atoms with Crippen LogP contribution in [0.3, 0.4) is 0 Å². The van der Waals surface area contributed by atoms with Gasteiger partial charge in [-0.05, 0) is 42.5 Å². The molecule has 0 aromatic heterocycles. The molecule has 0 aliphatic heterocycles. The lowest BCUT2D eigenvalue weighted by Crippen LogP contribution is -2.17. The highest BCUT2D eigenvalue weighted by Crippen LogP contribution is 2.51.